The minimum Gasteiger partial charge on any atom is -0.452 e. The van der Waals surface area contributed by atoms with E-state index in [0.717, 1.165) is 36.8 Å². The fourth-order valence-corrected chi connectivity index (χ4v) is 5.67. The molecule has 1 amide bonds. The minimum absolute atomic E-state index is 0.129. The molecule has 2 aromatic rings. The first-order valence-corrected chi connectivity index (χ1v) is 13.2. The van der Waals surface area contributed by atoms with Crippen molar-refractivity contribution in [1.29, 1.82) is 5.26 Å². The van der Waals surface area contributed by atoms with Crippen LogP contribution < -0.4 is 4.90 Å². The molecule has 0 N–H and O–H groups in total. The van der Waals surface area contributed by atoms with Crippen molar-refractivity contribution < 1.29 is 22.7 Å². The summed E-state index contributed by atoms with van der Waals surface area (Å²) < 4.78 is 32.5. The van der Waals surface area contributed by atoms with E-state index in [1.807, 2.05) is 38.1 Å². The van der Waals surface area contributed by atoms with Crippen molar-refractivity contribution >= 4 is 27.6 Å². The molecule has 0 atom stereocenters. The number of aryl methyl sites for hydroxylation is 2. The van der Waals surface area contributed by atoms with Gasteiger partial charge in [-0.2, -0.15) is 9.57 Å². The number of carbonyl (C=O) groups excluding carboxylic acids is 2. The van der Waals surface area contributed by atoms with Gasteiger partial charge in [-0.15, -0.1) is 0 Å². The fourth-order valence-electron chi connectivity index (χ4n) is 4.15. The van der Waals surface area contributed by atoms with E-state index in [4.69, 9.17) is 10.00 Å². The van der Waals surface area contributed by atoms with Crippen LogP contribution in [0.4, 0.5) is 5.69 Å². The first-order chi connectivity index (χ1) is 16.7. The van der Waals surface area contributed by atoms with Gasteiger partial charge < -0.3 is 9.64 Å². The minimum atomic E-state index is -3.62. The van der Waals surface area contributed by atoms with Crippen LogP contribution in [0.3, 0.4) is 0 Å². The summed E-state index contributed by atoms with van der Waals surface area (Å²) in [5, 5.41) is 8.98. The van der Waals surface area contributed by atoms with E-state index in [1.165, 1.54) is 33.5 Å². The highest BCUT2D eigenvalue weighted by atomic mass is 32.2. The van der Waals surface area contributed by atoms with Gasteiger partial charge in [0, 0.05) is 25.3 Å². The van der Waals surface area contributed by atoms with Gasteiger partial charge in [-0.3, -0.25) is 4.79 Å². The summed E-state index contributed by atoms with van der Waals surface area (Å²) in [7, 11) is -3.62. The summed E-state index contributed by atoms with van der Waals surface area (Å²) >= 11 is 0. The van der Waals surface area contributed by atoms with E-state index >= 15 is 0 Å². The number of benzene rings is 2. The SMILES string of the molecule is Cc1cc(C)cc(N(CCC#N)C(=O)COC(=O)c2ccc(S(=O)(=O)N3CCCCCC3)cc2)c1. The maximum atomic E-state index is 12.9. The lowest BCUT2D eigenvalue weighted by atomic mass is 10.1. The molecule has 186 valence electrons. The molecule has 1 fully saturated rings. The van der Waals surface area contributed by atoms with Crippen LogP contribution in [0.25, 0.3) is 0 Å². The molecular weight excluding hydrogens is 466 g/mol. The topological polar surface area (TPSA) is 108 Å². The zero-order chi connectivity index (χ0) is 25.4. The van der Waals surface area contributed by atoms with Crippen LogP contribution >= 0.6 is 0 Å². The number of nitriles is 1. The summed E-state index contributed by atoms with van der Waals surface area (Å²) in [6.07, 6.45) is 3.86. The van der Waals surface area contributed by atoms with Crippen molar-refractivity contribution in [1.82, 2.24) is 4.31 Å². The average molecular weight is 498 g/mol. The second-order valence-corrected chi connectivity index (χ2v) is 10.7. The van der Waals surface area contributed by atoms with E-state index in [2.05, 4.69) is 0 Å². The van der Waals surface area contributed by atoms with Crippen molar-refractivity contribution in [3.05, 3.63) is 59.2 Å². The third-order valence-electron chi connectivity index (χ3n) is 5.89. The molecule has 0 radical (unpaired) electrons. The van der Waals surface area contributed by atoms with Gasteiger partial charge in [0.15, 0.2) is 6.61 Å². The summed E-state index contributed by atoms with van der Waals surface area (Å²) in [5.74, 6) is -1.17. The smallest absolute Gasteiger partial charge is 0.338 e. The average Bonchev–Trinajstić information content (AvgIpc) is 3.12. The molecule has 3 rings (SSSR count). The molecule has 0 unspecified atom stereocenters. The molecule has 1 saturated heterocycles. The number of hydrogen-bond acceptors (Lipinski definition) is 6. The van der Waals surface area contributed by atoms with Gasteiger partial charge in [-0.05, 0) is 74.2 Å². The van der Waals surface area contributed by atoms with Gasteiger partial charge in [0.2, 0.25) is 10.0 Å². The van der Waals surface area contributed by atoms with Crippen LogP contribution in [0.5, 0.6) is 0 Å². The highest BCUT2D eigenvalue weighted by Crippen LogP contribution is 2.22. The largest absolute Gasteiger partial charge is 0.452 e. The van der Waals surface area contributed by atoms with E-state index in [9.17, 15) is 18.0 Å². The molecular formula is C26H31N3O5S. The van der Waals surface area contributed by atoms with E-state index < -0.39 is 28.5 Å². The molecule has 0 saturated carbocycles. The predicted molar refractivity (Wildman–Crippen MR) is 132 cm³/mol. The van der Waals surface area contributed by atoms with Crippen LogP contribution in [0.2, 0.25) is 0 Å². The van der Waals surface area contributed by atoms with Crippen molar-refractivity contribution in [2.24, 2.45) is 0 Å². The van der Waals surface area contributed by atoms with Crippen molar-refractivity contribution in [2.75, 3.05) is 31.1 Å². The first-order valence-electron chi connectivity index (χ1n) is 11.8. The molecule has 1 heterocycles. The fraction of sp³-hybridized carbons (Fsp3) is 0.423. The van der Waals surface area contributed by atoms with E-state index in [-0.39, 0.29) is 23.4 Å². The molecule has 35 heavy (non-hydrogen) atoms. The number of rotatable bonds is 8. The lowest BCUT2D eigenvalue weighted by Gasteiger charge is -2.22. The van der Waals surface area contributed by atoms with Crippen LogP contribution in [-0.4, -0.2) is 50.8 Å². The maximum absolute atomic E-state index is 12.9. The number of amides is 1. The van der Waals surface area contributed by atoms with E-state index in [0.29, 0.717) is 18.8 Å². The summed E-state index contributed by atoms with van der Waals surface area (Å²) in [6.45, 7) is 4.51. The van der Waals surface area contributed by atoms with Crippen LogP contribution in [0, 0.1) is 25.2 Å². The number of ether oxygens (including phenoxy) is 1. The van der Waals surface area contributed by atoms with Gasteiger partial charge >= 0.3 is 5.97 Å². The molecule has 0 aliphatic carbocycles. The quantitative estimate of drug-likeness (QED) is 0.511. The molecule has 0 bridgehead atoms. The molecule has 0 aromatic heterocycles. The Morgan fingerprint density at radius 1 is 1.00 bits per heavy atom. The Balaban J connectivity index is 1.66. The number of sulfonamides is 1. The monoisotopic (exact) mass is 497 g/mol. The number of esters is 1. The van der Waals surface area contributed by atoms with Crippen molar-refractivity contribution in [2.45, 2.75) is 50.8 Å². The molecule has 9 heteroatoms. The van der Waals surface area contributed by atoms with E-state index in [1.54, 1.807) is 0 Å². The number of hydrogen-bond donors (Lipinski definition) is 0. The van der Waals surface area contributed by atoms with Gasteiger partial charge in [0.1, 0.15) is 0 Å². The standard InChI is InChI=1S/C26H31N3O5S/c1-20-16-21(2)18-23(17-20)29(15-7-12-27)25(30)19-34-26(31)22-8-10-24(11-9-22)35(32,33)28-13-5-3-4-6-14-28/h8-11,16-18H,3-7,13-15,19H2,1-2H3. The number of nitrogens with zero attached hydrogens (tertiary/aromatic N) is 3. The second-order valence-electron chi connectivity index (χ2n) is 8.72. The lowest BCUT2D eigenvalue weighted by Crippen LogP contribution is -2.35. The molecule has 0 spiro atoms. The highest BCUT2D eigenvalue weighted by Gasteiger charge is 2.25. The molecule has 1 aliphatic heterocycles. The molecule has 2 aromatic carbocycles. The normalized spacial score (nSPS) is 14.5. The van der Waals surface area contributed by atoms with Gasteiger partial charge in [-0.1, -0.05) is 18.9 Å². The Labute approximate surface area is 207 Å². The zero-order valence-electron chi connectivity index (χ0n) is 20.2. The Hall–Kier alpha value is -3.22. The molecule has 1 aliphatic rings. The van der Waals surface area contributed by atoms with Crippen molar-refractivity contribution in [3.63, 3.8) is 0 Å². The number of anilines is 1. The second kappa shape index (κ2) is 12.0. The number of carbonyl (C=O) groups is 2. The predicted octanol–water partition coefficient (Wildman–Crippen LogP) is 3.97. The van der Waals surface area contributed by atoms with Gasteiger partial charge in [-0.25, -0.2) is 13.2 Å². The zero-order valence-corrected chi connectivity index (χ0v) is 21.0. The Morgan fingerprint density at radius 3 is 2.17 bits per heavy atom. The Kier molecular flexibility index (Phi) is 9.01. The molecule has 8 nitrogen and oxygen atoms in total. The first kappa shape index (κ1) is 26.4. The lowest BCUT2D eigenvalue weighted by molar-refractivity contribution is -0.121. The van der Waals surface area contributed by atoms with Crippen LogP contribution in [-0.2, 0) is 19.6 Å². The highest BCUT2D eigenvalue weighted by molar-refractivity contribution is 7.89. The maximum Gasteiger partial charge on any atom is 0.338 e. The van der Waals surface area contributed by atoms with Crippen molar-refractivity contribution in [3.8, 4) is 6.07 Å². The Bertz CT molecular complexity index is 1170. The third kappa shape index (κ3) is 6.90. The van der Waals surface area contributed by atoms with Crippen LogP contribution in [0.15, 0.2) is 47.4 Å². The Morgan fingerprint density at radius 2 is 1.60 bits per heavy atom. The summed E-state index contributed by atoms with van der Waals surface area (Å²) in [5.41, 5.74) is 2.74. The van der Waals surface area contributed by atoms with Gasteiger partial charge in [0.25, 0.3) is 5.91 Å². The summed E-state index contributed by atoms with van der Waals surface area (Å²) in [6, 6.07) is 13.3. The summed E-state index contributed by atoms with van der Waals surface area (Å²) in [4.78, 5) is 27.0. The third-order valence-corrected chi connectivity index (χ3v) is 7.80. The van der Waals surface area contributed by atoms with Gasteiger partial charge in [0.05, 0.1) is 22.9 Å². The van der Waals surface area contributed by atoms with Crippen LogP contribution in [0.1, 0.15) is 53.6 Å².